The van der Waals surface area contributed by atoms with Crippen LogP contribution < -0.4 is 9.46 Å². The second kappa shape index (κ2) is 7.33. The molecule has 0 aliphatic heterocycles. The van der Waals surface area contributed by atoms with Crippen molar-refractivity contribution in [1.82, 2.24) is 4.72 Å². The monoisotopic (exact) mass is 383 g/mol. The number of benzene rings is 3. The highest BCUT2D eigenvalue weighted by Gasteiger charge is 2.20. The fourth-order valence-corrected chi connectivity index (χ4v) is 4.57. The number of ether oxygens (including phenoxy) is 1. The molecule has 0 spiro atoms. The largest absolute Gasteiger partial charge is 0.497 e. The van der Waals surface area contributed by atoms with Gasteiger partial charge in [0.2, 0.25) is 10.0 Å². The highest BCUT2D eigenvalue weighted by Crippen LogP contribution is 2.26. The number of rotatable bonds is 5. The Hall–Kier alpha value is -2.37. The van der Waals surface area contributed by atoms with Gasteiger partial charge in [0.25, 0.3) is 0 Å². The summed E-state index contributed by atoms with van der Waals surface area (Å²) in [4.78, 5) is 0.258. The number of hydrogen-bond donors (Lipinski definition) is 1. The predicted octanol–water partition coefficient (Wildman–Crippen LogP) is 4.81. The van der Waals surface area contributed by atoms with E-state index in [1.54, 1.807) is 25.3 Å². The van der Waals surface area contributed by atoms with Crippen molar-refractivity contribution in [3.8, 4) is 5.75 Å². The number of hydrogen-bond acceptors (Lipinski definition) is 3. The van der Waals surface area contributed by atoms with E-state index in [-0.39, 0.29) is 10.9 Å². The van der Waals surface area contributed by atoms with Gasteiger partial charge >= 0.3 is 0 Å². The van der Waals surface area contributed by atoms with Gasteiger partial charge in [-0.2, -0.15) is 0 Å². The fourth-order valence-electron chi connectivity index (χ4n) is 3.31. The van der Waals surface area contributed by atoms with Gasteiger partial charge in [-0.15, -0.1) is 0 Å². The summed E-state index contributed by atoms with van der Waals surface area (Å²) < 4.78 is 33.9. The number of sulfonamides is 1. The number of aryl methyl sites for hydroxylation is 3. The van der Waals surface area contributed by atoms with Gasteiger partial charge in [-0.1, -0.05) is 24.3 Å². The van der Waals surface area contributed by atoms with E-state index < -0.39 is 10.0 Å². The van der Waals surface area contributed by atoms with Gasteiger partial charge in [0.1, 0.15) is 5.75 Å². The standard InChI is InChI=1S/C22H25NO3S/c1-14-10-16(3)22(11-15(14)2)17(4)23-27(24,25)21-9-7-18-12-20(26-5)8-6-19(18)13-21/h6-13,17,23H,1-5H3/t17-/m1/s1. The first kappa shape index (κ1) is 19.4. The van der Waals surface area contributed by atoms with E-state index in [1.807, 2.05) is 39.0 Å². The van der Waals surface area contributed by atoms with Crippen LogP contribution in [0.5, 0.6) is 5.75 Å². The third kappa shape index (κ3) is 3.99. The Morgan fingerprint density at radius 3 is 2.19 bits per heavy atom. The highest BCUT2D eigenvalue weighted by atomic mass is 32.2. The van der Waals surface area contributed by atoms with Crippen LogP contribution in [-0.4, -0.2) is 15.5 Å². The van der Waals surface area contributed by atoms with Gasteiger partial charge in [-0.05, 0) is 85.0 Å². The maximum atomic E-state index is 12.9. The van der Waals surface area contributed by atoms with Gasteiger partial charge in [0.15, 0.2) is 0 Å². The first-order chi connectivity index (χ1) is 12.7. The second-order valence-electron chi connectivity index (χ2n) is 7.01. The molecule has 0 aromatic heterocycles. The van der Waals surface area contributed by atoms with Crippen molar-refractivity contribution in [3.63, 3.8) is 0 Å². The molecule has 0 aliphatic carbocycles. The Bertz CT molecular complexity index is 1100. The lowest BCUT2D eigenvalue weighted by Crippen LogP contribution is -2.27. The Balaban J connectivity index is 1.92. The molecule has 0 amide bonds. The third-order valence-corrected chi connectivity index (χ3v) is 6.55. The summed E-state index contributed by atoms with van der Waals surface area (Å²) in [6.07, 6.45) is 0. The highest BCUT2D eigenvalue weighted by molar-refractivity contribution is 7.89. The maximum absolute atomic E-state index is 12.9. The van der Waals surface area contributed by atoms with Crippen LogP contribution in [-0.2, 0) is 10.0 Å². The molecule has 0 radical (unpaired) electrons. The molecule has 0 aliphatic rings. The predicted molar refractivity (Wildman–Crippen MR) is 110 cm³/mol. The van der Waals surface area contributed by atoms with Crippen molar-refractivity contribution in [2.24, 2.45) is 0 Å². The average Bonchev–Trinajstić information content (AvgIpc) is 2.63. The molecule has 0 saturated heterocycles. The number of fused-ring (bicyclic) bond motifs is 1. The number of methoxy groups -OCH3 is 1. The summed E-state index contributed by atoms with van der Waals surface area (Å²) in [6.45, 7) is 7.98. The van der Waals surface area contributed by atoms with Crippen LogP contribution in [0.4, 0.5) is 0 Å². The summed E-state index contributed by atoms with van der Waals surface area (Å²) in [5, 5.41) is 1.79. The zero-order chi connectivity index (χ0) is 19.8. The lowest BCUT2D eigenvalue weighted by molar-refractivity contribution is 0.415. The molecule has 0 heterocycles. The summed E-state index contributed by atoms with van der Waals surface area (Å²) >= 11 is 0. The van der Waals surface area contributed by atoms with Gasteiger partial charge in [-0.25, -0.2) is 13.1 Å². The summed E-state index contributed by atoms with van der Waals surface area (Å²) in [5.74, 6) is 0.745. The minimum absolute atomic E-state index is 0.258. The van der Waals surface area contributed by atoms with Crippen molar-refractivity contribution in [2.45, 2.75) is 38.6 Å². The van der Waals surface area contributed by atoms with Crippen LogP contribution in [0.25, 0.3) is 10.8 Å². The van der Waals surface area contributed by atoms with Crippen molar-refractivity contribution < 1.29 is 13.2 Å². The Morgan fingerprint density at radius 2 is 1.48 bits per heavy atom. The van der Waals surface area contributed by atoms with Crippen LogP contribution in [0, 0.1) is 20.8 Å². The zero-order valence-electron chi connectivity index (χ0n) is 16.3. The van der Waals surface area contributed by atoms with E-state index >= 15 is 0 Å². The fraction of sp³-hybridized carbons (Fsp3) is 0.273. The molecule has 5 heteroatoms. The molecular weight excluding hydrogens is 358 g/mol. The number of nitrogens with one attached hydrogen (secondary N) is 1. The molecule has 4 nitrogen and oxygen atoms in total. The van der Waals surface area contributed by atoms with Gasteiger partial charge in [0, 0.05) is 6.04 Å². The Labute approximate surface area is 161 Å². The Kier molecular flexibility index (Phi) is 5.27. The van der Waals surface area contributed by atoms with E-state index in [9.17, 15) is 8.42 Å². The van der Waals surface area contributed by atoms with E-state index in [1.165, 1.54) is 5.56 Å². The Morgan fingerprint density at radius 1 is 0.852 bits per heavy atom. The van der Waals surface area contributed by atoms with Gasteiger partial charge in [0.05, 0.1) is 12.0 Å². The third-order valence-electron chi connectivity index (χ3n) is 5.01. The summed E-state index contributed by atoms with van der Waals surface area (Å²) in [6, 6.07) is 14.5. The first-order valence-electron chi connectivity index (χ1n) is 8.89. The molecule has 3 aromatic carbocycles. The SMILES string of the molecule is COc1ccc2cc(S(=O)(=O)N[C@H](C)c3cc(C)c(C)cc3C)ccc2c1. The van der Waals surface area contributed by atoms with Crippen molar-refractivity contribution in [2.75, 3.05) is 7.11 Å². The zero-order valence-corrected chi connectivity index (χ0v) is 17.1. The summed E-state index contributed by atoms with van der Waals surface area (Å²) in [5.41, 5.74) is 4.43. The quantitative estimate of drug-likeness (QED) is 0.688. The molecule has 0 saturated carbocycles. The molecule has 3 aromatic rings. The van der Waals surface area contributed by atoms with E-state index in [0.717, 1.165) is 33.2 Å². The molecule has 3 rings (SSSR count). The molecule has 27 heavy (non-hydrogen) atoms. The van der Waals surface area contributed by atoms with Crippen molar-refractivity contribution in [1.29, 1.82) is 0 Å². The maximum Gasteiger partial charge on any atom is 0.241 e. The molecule has 1 N–H and O–H groups in total. The molecule has 142 valence electrons. The van der Waals surface area contributed by atoms with Gasteiger partial charge < -0.3 is 4.74 Å². The van der Waals surface area contributed by atoms with Crippen LogP contribution in [0.1, 0.15) is 35.2 Å². The lowest BCUT2D eigenvalue weighted by atomic mass is 9.97. The van der Waals surface area contributed by atoms with E-state index in [0.29, 0.717) is 0 Å². The average molecular weight is 384 g/mol. The van der Waals surface area contributed by atoms with E-state index in [2.05, 4.69) is 23.8 Å². The topological polar surface area (TPSA) is 55.4 Å². The smallest absolute Gasteiger partial charge is 0.241 e. The van der Waals surface area contributed by atoms with Crippen LogP contribution >= 0.6 is 0 Å². The van der Waals surface area contributed by atoms with Crippen LogP contribution in [0.3, 0.4) is 0 Å². The first-order valence-corrected chi connectivity index (χ1v) is 10.4. The van der Waals surface area contributed by atoms with Gasteiger partial charge in [-0.3, -0.25) is 0 Å². The van der Waals surface area contributed by atoms with Crippen molar-refractivity contribution >= 4 is 20.8 Å². The van der Waals surface area contributed by atoms with Crippen molar-refractivity contribution in [3.05, 3.63) is 70.8 Å². The lowest BCUT2D eigenvalue weighted by Gasteiger charge is -2.19. The molecule has 0 fully saturated rings. The minimum Gasteiger partial charge on any atom is -0.497 e. The molecular formula is C22H25NO3S. The summed E-state index contributed by atoms with van der Waals surface area (Å²) in [7, 11) is -2.02. The molecule has 0 unspecified atom stereocenters. The molecule has 1 atom stereocenters. The van der Waals surface area contributed by atoms with Crippen LogP contribution in [0.2, 0.25) is 0 Å². The second-order valence-corrected chi connectivity index (χ2v) is 8.72. The minimum atomic E-state index is -3.64. The molecule has 0 bridgehead atoms. The van der Waals surface area contributed by atoms with Crippen LogP contribution in [0.15, 0.2) is 53.4 Å². The normalized spacial score (nSPS) is 12.9. The van der Waals surface area contributed by atoms with E-state index in [4.69, 9.17) is 4.74 Å².